The van der Waals surface area contributed by atoms with E-state index in [1.165, 1.54) is 6.92 Å². The molecule has 96 valence electrons. The minimum absolute atomic E-state index is 0.0368. The summed E-state index contributed by atoms with van der Waals surface area (Å²) in [5.74, 6) is -0.100. The molecule has 0 saturated carbocycles. The van der Waals surface area contributed by atoms with E-state index in [0.717, 1.165) is 5.56 Å². The topological polar surface area (TPSA) is 58.5 Å². The molecule has 0 aliphatic rings. The monoisotopic (exact) mass is 246 g/mol. The van der Waals surface area contributed by atoms with Gasteiger partial charge in [0.1, 0.15) is 5.78 Å². The predicted molar refractivity (Wildman–Crippen MR) is 71.3 cm³/mol. The van der Waals surface area contributed by atoms with Crippen LogP contribution in [-0.2, 0) is 16.0 Å². The van der Waals surface area contributed by atoms with Crippen molar-refractivity contribution in [1.82, 2.24) is 5.43 Å². The predicted octanol–water partition coefficient (Wildman–Crippen LogP) is 2.09. The summed E-state index contributed by atoms with van der Waals surface area (Å²) >= 11 is 0. The molecule has 1 rings (SSSR count). The van der Waals surface area contributed by atoms with Crippen molar-refractivity contribution in [3.63, 3.8) is 0 Å². The molecular formula is C14H18N2O2. The summed E-state index contributed by atoms with van der Waals surface area (Å²) in [6.07, 6.45) is 1.35. The normalized spacial score (nSPS) is 11.1. The third-order valence-corrected chi connectivity index (χ3v) is 2.36. The van der Waals surface area contributed by atoms with E-state index >= 15 is 0 Å². The van der Waals surface area contributed by atoms with Gasteiger partial charge in [0.25, 0.3) is 0 Å². The van der Waals surface area contributed by atoms with Gasteiger partial charge in [0.15, 0.2) is 0 Å². The van der Waals surface area contributed by atoms with Crippen LogP contribution in [0.15, 0.2) is 35.4 Å². The number of benzene rings is 1. The number of ketones is 1. The van der Waals surface area contributed by atoms with Gasteiger partial charge < -0.3 is 0 Å². The molecule has 0 unspecified atom stereocenters. The summed E-state index contributed by atoms with van der Waals surface area (Å²) in [6, 6.07) is 9.80. The zero-order valence-corrected chi connectivity index (χ0v) is 10.8. The fourth-order valence-corrected chi connectivity index (χ4v) is 1.52. The standard InChI is InChI=1S/C14H18N2O2/c1-11(10-12(2)17)15-16-14(18)9-8-13-6-4-3-5-7-13/h3-7H,8-10H2,1-2H3,(H,16,18)/b15-11-. The van der Waals surface area contributed by atoms with Crippen LogP contribution >= 0.6 is 0 Å². The van der Waals surface area contributed by atoms with Crippen molar-refractivity contribution in [2.24, 2.45) is 5.10 Å². The molecule has 0 heterocycles. The van der Waals surface area contributed by atoms with Gasteiger partial charge in [-0.15, -0.1) is 0 Å². The lowest BCUT2D eigenvalue weighted by Crippen LogP contribution is -2.19. The van der Waals surface area contributed by atoms with Crippen LogP contribution in [0, 0.1) is 0 Å². The molecule has 0 spiro atoms. The molecule has 0 saturated heterocycles. The van der Waals surface area contributed by atoms with Gasteiger partial charge >= 0.3 is 0 Å². The SMILES string of the molecule is CC(=O)C/C(C)=N\NC(=O)CCc1ccccc1. The van der Waals surface area contributed by atoms with Crippen molar-refractivity contribution in [2.75, 3.05) is 0 Å². The fourth-order valence-electron chi connectivity index (χ4n) is 1.52. The highest BCUT2D eigenvalue weighted by atomic mass is 16.2. The number of hydrazone groups is 1. The number of Topliss-reactive ketones (excluding diaryl/α,β-unsaturated/α-hetero) is 1. The third kappa shape index (κ3) is 5.94. The Morgan fingerprint density at radius 2 is 1.83 bits per heavy atom. The minimum Gasteiger partial charge on any atom is -0.300 e. The number of amides is 1. The molecule has 18 heavy (non-hydrogen) atoms. The molecule has 0 aliphatic heterocycles. The number of carbonyl (C=O) groups excluding carboxylic acids is 2. The van der Waals surface area contributed by atoms with Gasteiger partial charge in [-0.2, -0.15) is 5.10 Å². The van der Waals surface area contributed by atoms with Gasteiger partial charge in [-0.05, 0) is 25.8 Å². The molecule has 0 aromatic heterocycles. The highest BCUT2D eigenvalue weighted by molar-refractivity contribution is 6.00. The highest BCUT2D eigenvalue weighted by Gasteiger charge is 2.02. The molecule has 0 atom stereocenters. The van der Waals surface area contributed by atoms with Crippen molar-refractivity contribution >= 4 is 17.4 Å². The van der Waals surface area contributed by atoms with Crippen molar-refractivity contribution in [2.45, 2.75) is 33.1 Å². The molecule has 4 heteroatoms. The molecule has 1 amide bonds. The van der Waals surface area contributed by atoms with Gasteiger partial charge in [0.05, 0.1) is 0 Å². The maximum Gasteiger partial charge on any atom is 0.240 e. The summed E-state index contributed by atoms with van der Waals surface area (Å²) in [5, 5.41) is 3.87. The smallest absolute Gasteiger partial charge is 0.240 e. The van der Waals surface area contributed by atoms with E-state index in [9.17, 15) is 9.59 Å². The Morgan fingerprint density at radius 3 is 2.44 bits per heavy atom. The third-order valence-electron chi connectivity index (χ3n) is 2.36. The molecule has 0 aliphatic carbocycles. The largest absolute Gasteiger partial charge is 0.300 e. The van der Waals surface area contributed by atoms with E-state index in [1.807, 2.05) is 30.3 Å². The van der Waals surface area contributed by atoms with Crippen molar-refractivity contribution in [1.29, 1.82) is 0 Å². The van der Waals surface area contributed by atoms with Crippen LogP contribution in [0.3, 0.4) is 0 Å². The lowest BCUT2D eigenvalue weighted by atomic mass is 10.1. The number of carbonyl (C=O) groups is 2. The first-order valence-corrected chi connectivity index (χ1v) is 5.93. The quantitative estimate of drug-likeness (QED) is 0.617. The van der Waals surface area contributed by atoms with Gasteiger partial charge in [0.2, 0.25) is 5.91 Å². The number of nitrogens with one attached hydrogen (secondary N) is 1. The Kier molecular flexibility index (Phi) is 5.77. The molecule has 0 radical (unpaired) electrons. The molecule has 1 N–H and O–H groups in total. The first-order valence-electron chi connectivity index (χ1n) is 5.93. The second-order valence-electron chi connectivity index (χ2n) is 4.25. The maximum absolute atomic E-state index is 11.5. The van der Waals surface area contributed by atoms with E-state index in [0.29, 0.717) is 18.6 Å². The highest BCUT2D eigenvalue weighted by Crippen LogP contribution is 2.02. The van der Waals surface area contributed by atoms with Crippen LogP contribution in [0.4, 0.5) is 0 Å². The summed E-state index contributed by atoms with van der Waals surface area (Å²) in [5.41, 5.74) is 4.20. The molecule has 0 bridgehead atoms. The van der Waals surface area contributed by atoms with E-state index in [1.54, 1.807) is 6.92 Å². The average molecular weight is 246 g/mol. The Bertz CT molecular complexity index is 438. The number of hydrogen-bond donors (Lipinski definition) is 1. The Balaban J connectivity index is 2.32. The van der Waals surface area contributed by atoms with E-state index in [4.69, 9.17) is 0 Å². The van der Waals surface area contributed by atoms with Crippen LogP contribution in [0.25, 0.3) is 0 Å². The lowest BCUT2D eigenvalue weighted by Gasteiger charge is -2.02. The zero-order valence-electron chi connectivity index (χ0n) is 10.8. The fraction of sp³-hybridized carbons (Fsp3) is 0.357. The van der Waals surface area contributed by atoms with Gasteiger partial charge in [0, 0.05) is 18.6 Å². The molecule has 1 aromatic carbocycles. The van der Waals surface area contributed by atoms with Crippen molar-refractivity contribution in [3.8, 4) is 0 Å². The van der Waals surface area contributed by atoms with E-state index < -0.39 is 0 Å². The first-order chi connectivity index (χ1) is 8.58. The Labute approximate surface area is 107 Å². The lowest BCUT2D eigenvalue weighted by molar-refractivity contribution is -0.121. The van der Waals surface area contributed by atoms with Crippen molar-refractivity contribution < 1.29 is 9.59 Å². The van der Waals surface area contributed by atoms with Gasteiger partial charge in [-0.25, -0.2) is 5.43 Å². The second kappa shape index (κ2) is 7.37. The summed E-state index contributed by atoms with van der Waals surface area (Å²) in [6.45, 7) is 3.22. The number of aryl methyl sites for hydroxylation is 1. The van der Waals surface area contributed by atoms with Gasteiger partial charge in [-0.3, -0.25) is 9.59 Å². The molecule has 1 aromatic rings. The van der Waals surface area contributed by atoms with Crippen molar-refractivity contribution in [3.05, 3.63) is 35.9 Å². The summed E-state index contributed by atoms with van der Waals surface area (Å²) in [4.78, 5) is 22.3. The Morgan fingerprint density at radius 1 is 1.17 bits per heavy atom. The summed E-state index contributed by atoms with van der Waals surface area (Å²) < 4.78 is 0. The maximum atomic E-state index is 11.5. The summed E-state index contributed by atoms with van der Waals surface area (Å²) in [7, 11) is 0. The molecule has 0 fully saturated rings. The number of hydrogen-bond acceptors (Lipinski definition) is 3. The van der Waals surface area contributed by atoms with E-state index in [-0.39, 0.29) is 18.1 Å². The first kappa shape index (κ1) is 14.1. The van der Waals surface area contributed by atoms with Crippen LogP contribution in [0.1, 0.15) is 32.3 Å². The van der Waals surface area contributed by atoms with Crippen LogP contribution in [0.5, 0.6) is 0 Å². The van der Waals surface area contributed by atoms with Crippen LogP contribution in [0.2, 0.25) is 0 Å². The van der Waals surface area contributed by atoms with Crippen LogP contribution in [-0.4, -0.2) is 17.4 Å². The number of nitrogens with zero attached hydrogens (tertiary/aromatic N) is 1. The van der Waals surface area contributed by atoms with Crippen LogP contribution < -0.4 is 5.43 Å². The minimum atomic E-state index is -0.137. The molecular weight excluding hydrogens is 228 g/mol. The zero-order chi connectivity index (χ0) is 13.4. The van der Waals surface area contributed by atoms with Gasteiger partial charge in [-0.1, -0.05) is 30.3 Å². The second-order valence-corrected chi connectivity index (χ2v) is 4.25. The average Bonchev–Trinajstić information content (AvgIpc) is 2.34. The number of rotatable bonds is 6. The molecule has 4 nitrogen and oxygen atoms in total. The Hall–Kier alpha value is -1.97. The van der Waals surface area contributed by atoms with E-state index in [2.05, 4.69) is 10.5 Å².